The molecule has 0 saturated carbocycles. The van der Waals surface area contributed by atoms with Crippen molar-refractivity contribution in [2.24, 2.45) is 5.92 Å². The van der Waals surface area contributed by atoms with Gasteiger partial charge in [0.05, 0.1) is 19.3 Å². The summed E-state index contributed by atoms with van der Waals surface area (Å²) in [6, 6.07) is 10.4. The molecule has 0 bridgehead atoms. The van der Waals surface area contributed by atoms with Crippen molar-refractivity contribution in [3.05, 3.63) is 35.9 Å². The topological polar surface area (TPSA) is 30.5 Å². The van der Waals surface area contributed by atoms with Crippen LogP contribution in [0.25, 0.3) is 0 Å². The van der Waals surface area contributed by atoms with Crippen LogP contribution in [0, 0.1) is 5.92 Å². The maximum atomic E-state index is 6.02. The van der Waals surface area contributed by atoms with Crippen molar-refractivity contribution in [1.82, 2.24) is 5.32 Å². The van der Waals surface area contributed by atoms with E-state index < -0.39 is 0 Å². The molecule has 0 aliphatic rings. The van der Waals surface area contributed by atoms with Crippen LogP contribution in [0.3, 0.4) is 0 Å². The molecule has 120 valence electrons. The van der Waals surface area contributed by atoms with Crippen LogP contribution in [-0.4, -0.2) is 31.9 Å². The molecule has 0 fully saturated rings. The van der Waals surface area contributed by atoms with Crippen LogP contribution in [0.5, 0.6) is 0 Å². The minimum atomic E-state index is 0.0630. The summed E-state index contributed by atoms with van der Waals surface area (Å²) < 4.78 is 11.6. The van der Waals surface area contributed by atoms with E-state index in [4.69, 9.17) is 9.47 Å². The summed E-state index contributed by atoms with van der Waals surface area (Å²) in [4.78, 5) is 0. The average molecular weight is 293 g/mol. The van der Waals surface area contributed by atoms with Gasteiger partial charge in [-0.3, -0.25) is 0 Å². The van der Waals surface area contributed by atoms with Crippen LogP contribution in [0.4, 0.5) is 0 Å². The van der Waals surface area contributed by atoms with Gasteiger partial charge in [0.25, 0.3) is 0 Å². The highest BCUT2D eigenvalue weighted by Crippen LogP contribution is 2.17. The third-order valence-corrected chi connectivity index (χ3v) is 2.99. The summed E-state index contributed by atoms with van der Waals surface area (Å²) >= 11 is 0. The Morgan fingerprint density at radius 3 is 2.29 bits per heavy atom. The van der Waals surface area contributed by atoms with Crippen LogP contribution in [0.1, 0.15) is 46.3 Å². The van der Waals surface area contributed by atoms with Gasteiger partial charge in [-0.15, -0.1) is 0 Å². The molecule has 3 heteroatoms. The van der Waals surface area contributed by atoms with E-state index in [1.165, 1.54) is 5.56 Å². The zero-order chi connectivity index (χ0) is 15.7. The van der Waals surface area contributed by atoms with Crippen LogP contribution in [0.2, 0.25) is 0 Å². The first-order valence-electron chi connectivity index (χ1n) is 7.88. The molecule has 0 amide bonds. The highest BCUT2D eigenvalue weighted by atomic mass is 16.5. The van der Waals surface area contributed by atoms with E-state index >= 15 is 0 Å². The molecule has 0 saturated heterocycles. The summed E-state index contributed by atoms with van der Waals surface area (Å²) in [6.45, 7) is 13.7. The fourth-order valence-corrected chi connectivity index (χ4v) is 1.91. The van der Waals surface area contributed by atoms with Crippen molar-refractivity contribution < 1.29 is 9.47 Å². The van der Waals surface area contributed by atoms with Gasteiger partial charge in [-0.1, -0.05) is 44.2 Å². The Kier molecular flexibility index (Phi) is 7.94. The Balaban J connectivity index is 2.45. The average Bonchev–Trinajstić information content (AvgIpc) is 2.41. The van der Waals surface area contributed by atoms with Gasteiger partial charge in [0.2, 0.25) is 0 Å². The van der Waals surface area contributed by atoms with Crippen molar-refractivity contribution in [3.63, 3.8) is 0 Å². The largest absolute Gasteiger partial charge is 0.379 e. The second-order valence-electron chi connectivity index (χ2n) is 6.87. The van der Waals surface area contributed by atoms with E-state index in [-0.39, 0.29) is 11.6 Å². The molecular weight excluding hydrogens is 262 g/mol. The first kappa shape index (κ1) is 18.1. The van der Waals surface area contributed by atoms with Gasteiger partial charge < -0.3 is 14.8 Å². The number of hydrogen-bond acceptors (Lipinski definition) is 3. The molecule has 21 heavy (non-hydrogen) atoms. The van der Waals surface area contributed by atoms with Crippen LogP contribution in [-0.2, 0) is 9.47 Å². The maximum Gasteiger partial charge on any atom is 0.0950 e. The monoisotopic (exact) mass is 293 g/mol. The van der Waals surface area contributed by atoms with Crippen molar-refractivity contribution in [1.29, 1.82) is 0 Å². The minimum absolute atomic E-state index is 0.0630. The number of benzene rings is 1. The molecule has 1 rings (SSSR count). The predicted octanol–water partition coefficient (Wildman–Crippen LogP) is 3.81. The van der Waals surface area contributed by atoms with Gasteiger partial charge in [-0.2, -0.15) is 0 Å². The summed E-state index contributed by atoms with van der Waals surface area (Å²) in [5, 5.41) is 3.51. The molecule has 1 aromatic carbocycles. The standard InChI is InChI=1S/C18H31NO2/c1-15(2)14-20-11-12-21-17(13-19-18(3,4)5)16-9-7-6-8-10-16/h6-10,15,17,19H,11-14H2,1-5H3. The van der Waals surface area contributed by atoms with Gasteiger partial charge in [0.15, 0.2) is 0 Å². The minimum Gasteiger partial charge on any atom is -0.379 e. The van der Waals surface area contributed by atoms with Crippen molar-refractivity contribution in [3.8, 4) is 0 Å². The van der Waals surface area contributed by atoms with Gasteiger partial charge in [-0.05, 0) is 32.3 Å². The Morgan fingerprint density at radius 1 is 1.05 bits per heavy atom. The van der Waals surface area contributed by atoms with Gasteiger partial charge >= 0.3 is 0 Å². The molecule has 0 radical (unpaired) electrons. The normalized spacial score (nSPS) is 13.6. The van der Waals surface area contributed by atoms with Crippen LogP contribution >= 0.6 is 0 Å². The third kappa shape index (κ3) is 8.86. The molecule has 0 aliphatic carbocycles. The molecule has 0 aliphatic heterocycles. The fourth-order valence-electron chi connectivity index (χ4n) is 1.91. The van der Waals surface area contributed by atoms with E-state index in [9.17, 15) is 0 Å². The van der Waals surface area contributed by atoms with Crippen molar-refractivity contribution in [2.75, 3.05) is 26.4 Å². The lowest BCUT2D eigenvalue weighted by Gasteiger charge is -2.26. The van der Waals surface area contributed by atoms with Crippen LogP contribution < -0.4 is 5.32 Å². The zero-order valence-corrected chi connectivity index (χ0v) is 14.2. The fraction of sp³-hybridized carbons (Fsp3) is 0.667. The number of ether oxygens (including phenoxy) is 2. The summed E-state index contributed by atoms with van der Waals surface area (Å²) in [5.74, 6) is 0.567. The summed E-state index contributed by atoms with van der Waals surface area (Å²) in [5.41, 5.74) is 1.29. The first-order chi connectivity index (χ1) is 9.88. The Hall–Kier alpha value is -0.900. The number of rotatable bonds is 9. The Bertz CT molecular complexity index is 371. The quantitative estimate of drug-likeness (QED) is 0.702. The Morgan fingerprint density at radius 2 is 1.71 bits per heavy atom. The molecule has 1 aromatic rings. The van der Waals surface area contributed by atoms with E-state index in [2.05, 4.69) is 64.2 Å². The lowest BCUT2D eigenvalue weighted by molar-refractivity contribution is -0.00326. The third-order valence-electron chi connectivity index (χ3n) is 2.99. The maximum absolute atomic E-state index is 6.02. The molecule has 3 nitrogen and oxygen atoms in total. The molecule has 1 atom stereocenters. The van der Waals surface area contributed by atoms with Gasteiger partial charge in [0.1, 0.15) is 0 Å². The highest BCUT2D eigenvalue weighted by molar-refractivity contribution is 5.18. The van der Waals surface area contributed by atoms with E-state index in [1.807, 2.05) is 6.07 Å². The summed E-state index contributed by atoms with van der Waals surface area (Å²) in [7, 11) is 0. The molecule has 0 aromatic heterocycles. The highest BCUT2D eigenvalue weighted by Gasteiger charge is 2.16. The molecular formula is C18H31NO2. The van der Waals surface area contributed by atoms with E-state index in [1.54, 1.807) is 0 Å². The lowest BCUT2D eigenvalue weighted by atomic mass is 10.1. The first-order valence-corrected chi connectivity index (χ1v) is 7.88. The van der Waals surface area contributed by atoms with E-state index in [0.29, 0.717) is 19.1 Å². The van der Waals surface area contributed by atoms with E-state index in [0.717, 1.165) is 13.2 Å². The second-order valence-corrected chi connectivity index (χ2v) is 6.87. The lowest BCUT2D eigenvalue weighted by Crippen LogP contribution is -2.39. The SMILES string of the molecule is CC(C)COCCOC(CNC(C)(C)C)c1ccccc1. The molecule has 0 heterocycles. The Labute approximate surface area is 130 Å². The second kappa shape index (κ2) is 9.19. The predicted molar refractivity (Wildman–Crippen MR) is 88.5 cm³/mol. The van der Waals surface area contributed by atoms with Crippen molar-refractivity contribution >= 4 is 0 Å². The van der Waals surface area contributed by atoms with Crippen LogP contribution in [0.15, 0.2) is 30.3 Å². The van der Waals surface area contributed by atoms with Gasteiger partial charge in [0, 0.05) is 18.7 Å². The molecule has 0 spiro atoms. The number of hydrogen-bond donors (Lipinski definition) is 1. The van der Waals surface area contributed by atoms with Gasteiger partial charge in [-0.25, -0.2) is 0 Å². The van der Waals surface area contributed by atoms with Crippen molar-refractivity contribution in [2.45, 2.75) is 46.3 Å². The zero-order valence-electron chi connectivity index (χ0n) is 14.2. The number of nitrogens with one attached hydrogen (secondary N) is 1. The smallest absolute Gasteiger partial charge is 0.0950 e. The molecule has 1 unspecified atom stereocenters. The summed E-state index contributed by atoms with van der Waals surface area (Å²) in [6.07, 6.45) is 0.0630. The molecule has 1 N–H and O–H groups in total.